The zero-order valence-electron chi connectivity index (χ0n) is 13.7. The van der Waals surface area contributed by atoms with E-state index in [4.69, 9.17) is 0 Å². The van der Waals surface area contributed by atoms with E-state index < -0.39 is 0 Å². The average molecular weight is 250 g/mol. The topological polar surface area (TPSA) is 0 Å². The van der Waals surface area contributed by atoms with Crippen LogP contribution in [0.1, 0.15) is 61.3 Å². The first-order valence-electron chi connectivity index (χ1n) is 7.35. The summed E-state index contributed by atoms with van der Waals surface area (Å²) in [5.74, 6) is 0.594. The molecule has 0 bridgehead atoms. The number of allylic oxidation sites excluding steroid dienone is 6. The normalized spacial score (nSPS) is 12.4. The van der Waals surface area contributed by atoms with Crippen LogP contribution in [0.3, 0.4) is 0 Å². The van der Waals surface area contributed by atoms with Gasteiger partial charge in [-0.25, -0.2) is 0 Å². The molecular formula is C18H34. The van der Waals surface area contributed by atoms with E-state index in [0.717, 1.165) is 12.8 Å². The predicted octanol–water partition coefficient (Wildman–Crippen LogP) is 6.72. The van der Waals surface area contributed by atoms with Crippen molar-refractivity contribution in [1.82, 2.24) is 0 Å². The Labute approximate surface area is 116 Å². The van der Waals surface area contributed by atoms with E-state index in [9.17, 15) is 0 Å². The van der Waals surface area contributed by atoms with Crippen LogP contribution in [0, 0.1) is 5.92 Å². The van der Waals surface area contributed by atoms with Crippen molar-refractivity contribution in [2.45, 2.75) is 61.3 Å². The standard InChI is InChI=1S/C14H22.2C2H6/c1-6-10-11-13(8-3)14(9-4)12(5)7-2;2*1-2/h6,9-12H,1,4,7-8H2,2-3,5H3;2*1-2H3/b11-10-,14-13+;;. The quantitative estimate of drug-likeness (QED) is 0.459. The molecule has 0 spiro atoms. The Balaban J connectivity index is -0.000000506. The lowest BCUT2D eigenvalue weighted by Crippen LogP contribution is -1.98. The highest BCUT2D eigenvalue weighted by Gasteiger charge is 2.06. The Morgan fingerprint density at radius 3 is 1.83 bits per heavy atom. The van der Waals surface area contributed by atoms with Gasteiger partial charge in [-0.2, -0.15) is 0 Å². The number of rotatable bonds is 6. The van der Waals surface area contributed by atoms with Crippen LogP contribution in [-0.2, 0) is 0 Å². The monoisotopic (exact) mass is 250 g/mol. The number of hydrogen-bond donors (Lipinski definition) is 0. The van der Waals surface area contributed by atoms with Crippen molar-refractivity contribution in [3.8, 4) is 0 Å². The minimum absolute atomic E-state index is 0.594. The lowest BCUT2D eigenvalue weighted by molar-refractivity contribution is 0.663. The molecule has 0 saturated heterocycles. The van der Waals surface area contributed by atoms with Crippen LogP contribution in [0.2, 0.25) is 0 Å². The van der Waals surface area contributed by atoms with Crippen LogP contribution in [0.5, 0.6) is 0 Å². The maximum Gasteiger partial charge on any atom is -0.0190 e. The van der Waals surface area contributed by atoms with Crippen molar-refractivity contribution in [2.75, 3.05) is 0 Å². The van der Waals surface area contributed by atoms with Gasteiger partial charge in [0.1, 0.15) is 0 Å². The van der Waals surface area contributed by atoms with Crippen LogP contribution in [-0.4, -0.2) is 0 Å². The largest absolute Gasteiger partial charge is 0.0991 e. The van der Waals surface area contributed by atoms with Gasteiger partial charge < -0.3 is 0 Å². The van der Waals surface area contributed by atoms with E-state index >= 15 is 0 Å². The molecule has 0 aromatic rings. The summed E-state index contributed by atoms with van der Waals surface area (Å²) in [6.07, 6.45) is 10.1. The van der Waals surface area contributed by atoms with E-state index in [1.807, 2.05) is 45.9 Å². The zero-order chi connectivity index (χ0) is 15.0. The van der Waals surface area contributed by atoms with Crippen molar-refractivity contribution >= 4 is 0 Å². The molecule has 0 fully saturated rings. The molecule has 106 valence electrons. The number of hydrogen-bond acceptors (Lipinski definition) is 0. The second-order valence-corrected chi connectivity index (χ2v) is 3.44. The second kappa shape index (κ2) is 18.3. The predicted molar refractivity (Wildman–Crippen MR) is 89.0 cm³/mol. The average Bonchev–Trinajstić information content (AvgIpc) is 2.47. The van der Waals surface area contributed by atoms with E-state index in [-0.39, 0.29) is 0 Å². The van der Waals surface area contributed by atoms with Crippen molar-refractivity contribution < 1.29 is 0 Å². The molecule has 1 unspecified atom stereocenters. The second-order valence-electron chi connectivity index (χ2n) is 3.44. The summed E-state index contributed by atoms with van der Waals surface area (Å²) in [7, 11) is 0. The van der Waals surface area contributed by atoms with E-state index in [1.165, 1.54) is 11.1 Å². The van der Waals surface area contributed by atoms with Gasteiger partial charge in [-0.05, 0) is 29.9 Å². The minimum Gasteiger partial charge on any atom is -0.0991 e. The van der Waals surface area contributed by atoms with Gasteiger partial charge in [0.05, 0.1) is 0 Å². The lowest BCUT2D eigenvalue weighted by atomic mass is 9.92. The van der Waals surface area contributed by atoms with Crippen LogP contribution < -0.4 is 0 Å². The molecule has 0 heterocycles. The van der Waals surface area contributed by atoms with E-state index in [0.29, 0.717) is 5.92 Å². The molecule has 0 aliphatic rings. The minimum atomic E-state index is 0.594. The molecule has 0 heteroatoms. The van der Waals surface area contributed by atoms with E-state index in [2.05, 4.69) is 40.0 Å². The fourth-order valence-electron chi connectivity index (χ4n) is 1.47. The van der Waals surface area contributed by atoms with Gasteiger partial charge in [0.2, 0.25) is 0 Å². The summed E-state index contributed by atoms with van der Waals surface area (Å²) < 4.78 is 0. The SMILES string of the molecule is C=C/C=C\C(CC)=C(/C=C)C(C)CC.CC.CC. The van der Waals surface area contributed by atoms with Crippen LogP contribution in [0.4, 0.5) is 0 Å². The first kappa shape index (κ1) is 22.2. The van der Waals surface area contributed by atoms with Gasteiger partial charge in [-0.3, -0.25) is 0 Å². The fraction of sp³-hybridized carbons (Fsp3) is 0.556. The maximum atomic E-state index is 3.89. The Morgan fingerprint density at radius 2 is 1.56 bits per heavy atom. The van der Waals surface area contributed by atoms with Gasteiger partial charge in [-0.1, -0.05) is 85.9 Å². The molecule has 18 heavy (non-hydrogen) atoms. The summed E-state index contributed by atoms with van der Waals surface area (Å²) in [5.41, 5.74) is 2.74. The smallest absolute Gasteiger partial charge is 0.0190 e. The first-order valence-corrected chi connectivity index (χ1v) is 7.35. The maximum absolute atomic E-state index is 3.89. The summed E-state index contributed by atoms with van der Waals surface area (Å²) in [6, 6.07) is 0. The molecular weight excluding hydrogens is 216 g/mol. The molecule has 0 saturated carbocycles. The molecule has 0 aliphatic heterocycles. The van der Waals surface area contributed by atoms with Crippen molar-refractivity contribution in [3.63, 3.8) is 0 Å². The summed E-state index contributed by atoms with van der Waals surface area (Å²) in [6.45, 7) is 22.2. The Bertz CT molecular complexity index is 241. The fourth-order valence-corrected chi connectivity index (χ4v) is 1.47. The molecule has 0 rings (SSSR count). The zero-order valence-corrected chi connectivity index (χ0v) is 13.7. The Hall–Kier alpha value is -1.04. The summed E-state index contributed by atoms with van der Waals surface area (Å²) >= 11 is 0. The van der Waals surface area contributed by atoms with Gasteiger partial charge in [0.25, 0.3) is 0 Å². The van der Waals surface area contributed by atoms with Crippen LogP contribution >= 0.6 is 0 Å². The Morgan fingerprint density at radius 1 is 1.06 bits per heavy atom. The third-order valence-corrected chi connectivity index (χ3v) is 2.55. The summed E-state index contributed by atoms with van der Waals surface area (Å²) in [5, 5.41) is 0. The third-order valence-electron chi connectivity index (χ3n) is 2.55. The van der Waals surface area contributed by atoms with Gasteiger partial charge in [0, 0.05) is 0 Å². The first-order chi connectivity index (χ1) is 8.71. The molecule has 0 N–H and O–H groups in total. The van der Waals surface area contributed by atoms with Crippen molar-refractivity contribution in [1.29, 1.82) is 0 Å². The van der Waals surface area contributed by atoms with E-state index in [1.54, 1.807) is 0 Å². The van der Waals surface area contributed by atoms with Crippen molar-refractivity contribution in [2.24, 2.45) is 5.92 Å². The molecule has 0 aliphatic carbocycles. The highest BCUT2D eigenvalue weighted by atomic mass is 14.1. The highest BCUT2D eigenvalue weighted by Crippen LogP contribution is 2.22. The van der Waals surface area contributed by atoms with Gasteiger partial charge in [-0.15, -0.1) is 0 Å². The lowest BCUT2D eigenvalue weighted by Gasteiger charge is -2.13. The van der Waals surface area contributed by atoms with Crippen LogP contribution in [0.15, 0.2) is 48.6 Å². The molecule has 0 aromatic heterocycles. The third kappa shape index (κ3) is 10.1. The van der Waals surface area contributed by atoms with Crippen LogP contribution in [0.25, 0.3) is 0 Å². The summed E-state index contributed by atoms with van der Waals surface area (Å²) in [4.78, 5) is 0. The molecule has 0 aromatic carbocycles. The molecule has 1 atom stereocenters. The molecule has 0 radical (unpaired) electrons. The Kier molecular flexibility index (Phi) is 22.6. The van der Waals surface area contributed by atoms with Crippen molar-refractivity contribution in [3.05, 3.63) is 48.6 Å². The highest BCUT2D eigenvalue weighted by molar-refractivity contribution is 5.34. The molecule has 0 amide bonds. The van der Waals surface area contributed by atoms with Gasteiger partial charge in [0.15, 0.2) is 0 Å². The molecule has 0 nitrogen and oxygen atoms in total. The van der Waals surface area contributed by atoms with Gasteiger partial charge >= 0.3 is 0 Å².